The molecule has 0 radical (unpaired) electrons. The first-order chi connectivity index (χ1) is 7.65. The zero-order valence-corrected chi connectivity index (χ0v) is 10.5. The summed E-state index contributed by atoms with van der Waals surface area (Å²) < 4.78 is 4.85. The van der Waals surface area contributed by atoms with Gasteiger partial charge in [-0.2, -0.15) is 0 Å². The van der Waals surface area contributed by atoms with Gasteiger partial charge in [0.2, 0.25) is 0 Å². The van der Waals surface area contributed by atoms with Gasteiger partial charge >= 0.3 is 5.97 Å². The Balaban J connectivity index is 2.34. The zero-order chi connectivity index (χ0) is 12.0. The van der Waals surface area contributed by atoms with E-state index in [1.807, 2.05) is 11.4 Å². The van der Waals surface area contributed by atoms with Gasteiger partial charge in [0, 0.05) is 23.0 Å². The third kappa shape index (κ3) is 3.79. The zero-order valence-electron chi connectivity index (χ0n) is 9.66. The van der Waals surface area contributed by atoms with E-state index in [1.165, 1.54) is 4.88 Å². The van der Waals surface area contributed by atoms with E-state index in [-0.39, 0.29) is 12.0 Å². The van der Waals surface area contributed by atoms with Gasteiger partial charge < -0.3 is 10.1 Å². The van der Waals surface area contributed by atoms with Gasteiger partial charge in [0.15, 0.2) is 0 Å². The van der Waals surface area contributed by atoms with Crippen LogP contribution >= 0.6 is 11.3 Å². The Hall–Kier alpha value is -1.13. The largest absolute Gasteiger partial charge is 0.463 e. The molecule has 0 saturated carbocycles. The molecule has 88 valence electrons. The molecule has 1 atom stereocenters. The summed E-state index contributed by atoms with van der Waals surface area (Å²) in [5.74, 6) is -0.326. The van der Waals surface area contributed by atoms with Crippen molar-refractivity contribution < 1.29 is 9.53 Å². The molecular weight excluding hydrogens is 222 g/mol. The Bertz CT molecular complexity index is 346. The van der Waals surface area contributed by atoms with Crippen LogP contribution in [0.4, 0.5) is 0 Å². The van der Waals surface area contributed by atoms with Crippen molar-refractivity contribution in [3.05, 3.63) is 34.5 Å². The van der Waals surface area contributed by atoms with Gasteiger partial charge in [0.1, 0.15) is 0 Å². The van der Waals surface area contributed by atoms with E-state index >= 15 is 0 Å². The minimum Gasteiger partial charge on any atom is -0.463 e. The van der Waals surface area contributed by atoms with Crippen LogP contribution in [0.1, 0.15) is 24.8 Å². The SMILES string of the molecule is C=C(CNC(C)c1cccs1)C(=O)OCC. The highest BCUT2D eigenvalue weighted by Crippen LogP contribution is 2.17. The van der Waals surface area contributed by atoms with Crippen molar-refractivity contribution in [1.29, 1.82) is 0 Å². The average Bonchev–Trinajstić information content (AvgIpc) is 2.79. The normalized spacial score (nSPS) is 12.1. The second kappa shape index (κ2) is 6.45. The van der Waals surface area contributed by atoms with Gasteiger partial charge in [0.05, 0.1) is 6.61 Å². The Labute approximate surface area is 100 Å². The fourth-order valence-corrected chi connectivity index (χ4v) is 1.98. The molecule has 0 amide bonds. The highest BCUT2D eigenvalue weighted by Gasteiger charge is 2.10. The summed E-state index contributed by atoms with van der Waals surface area (Å²) in [5.41, 5.74) is 0.463. The molecule has 0 fully saturated rings. The minimum absolute atomic E-state index is 0.228. The van der Waals surface area contributed by atoms with Crippen LogP contribution in [-0.4, -0.2) is 19.1 Å². The lowest BCUT2D eigenvalue weighted by molar-refractivity contribution is -0.138. The van der Waals surface area contributed by atoms with E-state index in [9.17, 15) is 4.79 Å². The summed E-state index contributed by atoms with van der Waals surface area (Å²) in [7, 11) is 0. The van der Waals surface area contributed by atoms with Gasteiger partial charge in [-0.05, 0) is 25.3 Å². The first-order valence-electron chi connectivity index (χ1n) is 5.26. The van der Waals surface area contributed by atoms with Crippen LogP contribution in [0.15, 0.2) is 29.7 Å². The predicted molar refractivity (Wildman–Crippen MR) is 66.5 cm³/mol. The Kier molecular flexibility index (Phi) is 5.22. The number of hydrogen-bond acceptors (Lipinski definition) is 4. The molecule has 1 heterocycles. The molecule has 0 bridgehead atoms. The first-order valence-corrected chi connectivity index (χ1v) is 6.14. The Morgan fingerprint density at radius 1 is 1.69 bits per heavy atom. The lowest BCUT2D eigenvalue weighted by atomic mass is 10.2. The summed E-state index contributed by atoms with van der Waals surface area (Å²) in [5, 5.41) is 5.27. The molecule has 0 aliphatic rings. The molecule has 1 unspecified atom stereocenters. The fourth-order valence-electron chi connectivity index (χ4n) is 1.22. The fraction of sp³-hybridized carbons (Fsp3) is 0.417. The summed E-state index contributed by atoms with van der Waals surface area (Å²) in [6.45, 7) is 8.38. The molecule has 1 aromatic rings. The van der Waals surface area contributed by atoms with Crippen LogP contribution < -0.4 is 5.32 Å². The van der Waals surface area contributed by atoms with Crippen LogP contribution in [0.2, 0.25) is 0 Å². The van der Waals surface area contributed by atoms with Crippen molar-refractivity contribution in [3.63, 3.8) is 0 Å². The van der Waals surface area contributed by atoms with Crippen LogP contribution in [0.5, 0.6) is 0 Å². The number of ether oxygens (including phenoxy) is 1. The summed E-state index contributed by atoms with van der Waals surface area (Å²) in [6.07, 6.45) is 0. The maximum absolute atomic E-state index is 11.3. The molecule has 1 rings (SSSR count). The van der Waals surface area contributed by atoms with Gasteiger partial charge in [-0.1, -0.05) is 12.6 Å². The Morgan fingerprint density at radius 3 is 3.00 bits per heavy atom. The van der Waals surface area contributed by atoms with Gasteiger partial charge in [0.25, 0.3) is 0 Å². The molecule has 3 nitrogen and oxygen atoms in total. The van der Waals surface area contributed by atoms with Gasteiger partial charge in [-0.25, -0.2) is 4.79 Å². The molecule has 0 aromatic carbocycles. The van der Waals surface area contributed by atoms with E-state index in [4.69, 9.17) is 4.74 Å². The van der Waals surface area contributed by atoms with Crippen molar-refractivity contribution in [1.82, 2.24) is 5.32 Å². The monoisotopic (exact) mass is 239 g/mol. The molecule has 1 aromatic heterocycles. The van der Waals surface area contributed by atoms with E-state index < -0.39 is 0 Å². The maximum Gasteiger partial charge on any atom is 0.334 e. The van der Waals surface area contributed by atoms with Crippen molar-refractivity contribution >= 4 is 17.3 Å². The van der Waals surface area contributed by atoms with E-state index in [2.05, 4.69) is 24.9 Å². The van der Waals surface area contributed by atoms with Crippen LogP contribution in [0.3, 0.4) is 0 Å². The van der Waals surface area contributed by atoms with Gasteiger partial charge in [-0.3, -0.25) is 0 Å². The van der Waals surface area contributed by atoms with E-state index in [0.717, 1.165) is 0 Å². The highest BCUT2D eigenvalue weighted by molar-refractivity contribution is 7.10. The van der Waals surface area contributed by atoms with Crippen molar-refractivity contribution in [3.8, 4) is 0 Å². The van der Waals surface area contributed by atoms with Crippen molar-refractivity contribution in [2.75, 3.05) is 13.2 Å². The van der Waals surface area contributed by atoms with E-state index in [1.54, 1.807) is 18.3 Å². The topological polar surface area (TPSA) is 38.3 Å². The highest BCUT2D eigenvalue weighted by atomic mass is 32.1. The lowest BCUT2D eigenvalue weighted by Gasteiger charge is -2.12. The number of hydrogen-bond donors (Lipinski definition) is 1. The quantitative estimate of drug-likeness (QED) is 0.612. The number of nitrogens with one attached hydrogen (secondary N) is 1. The summed E-state index contributed by atoms with van der Waals surface area (Å²) >= 11 is 1.69. The molecule has 0 aliphatic carbocycles. The molecular formula is C12H17NO2S. The maximum atomic E-state index is 11.3. The third-order valence-electron chi connectivity index (χ3n) is 2.16. The van der Waals surface area contributed by atoms with Crippen molar-refractivity contribution in [2.24, 2.45) is 0 Å². The van der Waals surface area contributed by atoms with Crippen LogP contribution in [0.25, 0.3) is 0 Å². The average molecular weight is 239 g/mol. The molecule has 1 N–H and O–H groups in total. The summed E-state index contributed by atoms with van der Waals surface area (Å²) in [6, 6.07) is 4.31. The standard InChI is InChI=1S/C12H17NO2S/c1-4-15-12(14)9(2)8-13-10(3)11-6-5-7-16-11/h5-7,10,13H,2,4,8H2,1,3H3. The number of carbonyl (C=O) groups excluding carboxylic acids is 1. The lowest BCUT2D eigenvalue weighted by Crippen LogP contribution is -2.24. The van der Waals surface area contributed by atoms with Crippen molar-refractivity contribution in [2.45, 2.75) is 19.9 Å². The second-order valence-corrected chi connectivity index (χ2v) is 4.42. The Morgan fingerprint density at radius 2 is 2.44 bits per heavy atom. The number of thiophene rings is 1. The third-order valence-corrected chi connectivity index (χ3v) is 3.21. The molecule has 0 saturated heterocycles. The number of rotatable bonds is 6. The molecule has 4 heteroatoms. The molecule has 16 heavy (non-hydrogen) atoms. The van der Waals surface area contributed by atoms with E-state index in [0.29, 0.717) is 18.7 Å². The number of esters is 1. The molecule has 0 aliphatic heterocycles. The van der Waals surface area contributed by atoms with Crippen LogP contribution in [-0.2, 0) is 9.53 Å². The predicted octanol–water partition coefficient (Wildman–Crippen LogP) is 2.52. The molecule has 0 spiro atoms. The summed E-state index contributed by atoms with van der Waals surface area (Å²) in [4.78, 5) is 12.5. The first kappa shape index (κ1) is 12.9. The van der Waals surface area contributed by atoms with Crippen LogP contribution in [0, 0.1) is 0 Å². The smallest absolute Gasteiger partial charge is 0.334 e. The van der Waals surface area contributed by atoms with Gasteiger partial charge in [-0.15, -0.1) is 11.3 Å². The minimum atomic E-state index is -0.326. The number of carbonyl (C=O) groups is 1. The second-order valence-electron chi connectivity index (χ2n) is 3.44.